The fourth-order valence-electron chi connectivity index (χ4n) is 1.70. The summed E-state index contributed by atoms with van der Waals surface area (Å²) < 4.78 is 0. The second-order valence-corrected chi connectivity index (χ2v) is 5.43. The highest BCUT2D eigenvalue weighted by molar-refractivity contribution is 5.77. The molecule has 0 aromatic heterocycles. The van der Waals surface area contributed by atoms with E-state index >= 15 is 0 Å². The Morgan fingerprint density at radius 2 is 1.95 bits per heavy atom. The summed E-state index contributed by atoms with van der Waals surface area (Å²) in [4.78, 5) is 13.7. The van der Waals surface area contributed by atoms with E-state index in [1.165, 1.54) is 5.56 Å². The average molecular weight is 263 g/mol. The van der Waals surface area contributed by atoms with E-state index in [-0.39, 0.29) is 5.91 Å². The smallest absolute Gasteiger partial charge is 0.234 e. The number of likely N-dealkylation sites (N-methyl/N-ethyl adjacent to an activating group) is 1. The van der Waals surface area contributed by atoms with E-state index in [0.717, 1.165) is 25.2 Å². The summed E-state index contributed by atoms with van der Waals surface area (Å²) >= 11 is 0. The highest BCUT2D eigenvalue weighted by atomic mass is 16.2. The fraction of sp³-hybridized carbons (Fsp3) is 0.533. The second kappa shape index (κ2) is 7.79. The molecule has 4 nitrogen and oxygen atoms in total. The Labute approximate surface area is 116 Å². The Kier molecular flexibility index (Phi) is 6.36. The first kappa shape index (κ1) is 15.5. The molecule has 0 heterocycles. The van der Waals surface area contributed by atoms with E-state index in [4.69, 9.17) is 5.73 Å². The summed E-state index contributed by atoms with van der Waals surface area (Å²) in [5.41, 5.74) is 7.66. The topological polar surface area (TPSA) is 58.4 Å². The van der Waals surface area contributed by atoms with Crippen LogP contribution in [0.5, 0.6) is 0 Å². The van der Waals surface area contributed by atoms with E-state index < -0.39 is 0 Å². The summed E-state index contributed by atoms with van der Waals surface area (Å²) in [6.45, 7) is 6.22. The number of benzene rings is 1. The Balaban J connectivity index is 2.25. The molecule has 1 amide bonds. The first-order chi connectivity index (χ1) is 8.97. The zero-order chi connectivity index (χ0) is 14.3. The first-order valence-electron chi connectivity index (χ1n) is 6.77. The maximum Gasteiger partial charge on any atom is 0.234 e. The predicted molar refractivity (Wildman–Crippen MR) is 79.9 cm³/mol. The van der Waals surface area contributed by atoms with Gasteiger partial charge in [0.05, 0.1) is 6.54 Å². The third kappa shape index (κ3) is 6.82. The number of nitrogens with one attached hydrogen (secondary N) is 1. The van der Waals surface area contributed by atoms with Gasteiger partial charge in [0.2, 0.25) is 5.91 Å². The van der Waals surface area contributed by atoms with Crippen LogP contribution >= 0.6 is 0 Å². The van der Waals surface area contributed by atoms with Gasteiger partial charge in [-0.3, -0.25) is 9.69 Å². The van der Waals surface area contributed by atoms with Crippen molar-refractivity contribution in [1.82, 2.24) is 10.2 Å². The largest absolute Gasteiger partial charge is 0.399 e. The first-order valence-corrected chi connectivity index (χ1v) is 6.77. The quantitative estimate of drug-likeness (QED) is 0.733. The molecule has 3 N–H and O–H groups in total. The van der Waals surface area contributed by atoms with Gasteiger partial charge >= 0.3 is 0 Å². The number of anilines is 1. The molecule has 1 rings (SSSR count). The summed E-state index contributed by atoms with van der Waals surface area (Å²) in [6, 6.07) is 7.87. The Hall–Kier alpha value is -1.55. The predicted octanol–water partition coefficient (Wildman–Crippen LogP) is 1.52. The monoisotopic (exact) mass is 263 g/mol. The number of hydrogen-bond acceptors (Lipinski definition) is 3. The zero-order valence-electron chi connectivity index (χ0n) is 12.1. The summed E-state index contributed by atoms with van der Waals surface area (Å²) in [5, 5.41) is 2.92. The minimum atomic E-state index is 0.0912. The molecular weight excluding hydrogens is 238 g/mol. The molecule has 0 aliphatic rings. The van der Waals surface area contributed by atoms with Crippen molar-refractivity contribution in [2.24, 2.45) is 5.92 Å². The Bertz CT molecular complexity index is 387. The third-order valence-electron chi connectivity index (χ3n) is 2.88. The van der Waals surface area contributed by atoms with Gasteiger partial charge in [0, 0.05) is 18.8 Å². The summed E-state index contributed by atoms with van der Waals surface area (Å²) in [6.07, 6.45) is 0.925. The molecule has 1 aromatic rings. The number of carbonyl (C=O) groups is 1. The number of nitrogens with two attached hydrogens (primary N) is 1. The van der Waals surface area contributed by atoms with Gasteiger partial charge in [-0.2, -0.15) is 0 Å². The van der Waals surface area contributed by atoms with Gasteiger partial charge in [0.15, 0.2) is 0 Å². The van der Waals surface area contributed by atoms with Crippen LogP contribution in [-0.2, 0) is 11.2 Å². The lowest BCUT2D eigenvalue weighted by atomic mass is 10.1. The van der Waals surface area contributed by atoms with Gasteiger partial charge in [0.25, 0.3) is 0 Å². The van der Waals surface area contributed by atoms with Crippen LogP contribution in [0.4, 0.5) is 5.69 Å². The molecule has 0 aliphatic carbocycles. The van der Waals surface area contributed by atoms with Crippen molar-refractivity contribution < 1.29 is 4.79 Å². The second-order valence-electron chi connectivity index (χ2n) is 5.43. The minimum Gasteiger partial charge on any atom is -0.399 e. The van der Waals surface area contributed by atoms with Crippen molar-refractivity contribution in [2.45, 2.75) is 20.3 Å². The fourth-order valence-corrected chi connectivity index (χ4v) is 1.70. The molecule has 0 saturated carbocycles. The molecule has 0 radical (unpaired) electrons. The molecule has 0 atom stereocenters. The van der Waals surface area contributed by atoms with Crippen LogP contribution in [0, 0.1) is 5.92 Å². The van der Waals surface area contributed by atoms with Gasteiger partial charge in [-0.05, 0) is 37.1 Å². The van der Waals surface area contributed by atoms with Crippen LogP contribution in [0.25, 0.3) is 0 Å². The number of carbonyl (C=O) groups excluding carboxylic acids is 1. The lowest BCUT2D eigenvalue weighted by Gasteiger charge is -2.16. The number of nitrogen functional groups attached to an aromatic ring is 1. The maximum atomic E-state index is 11.6. The average Bonchev–Trinajstić information content (AvgIpc) is 2.36. The van der Waals surface area contributed by atoms with Crippen LogP contribution in [0.3, 0.4) is 0 Å². The standard InChI is InChI=1S/C15H25N3O/c1-12(2)10-17-15(19)11-18(3)9-8-13-4-6-14(16)7-5-13/h4-7,12H,8-11,16H2,1-3H3,(H,17,19). The van der Waals surface area contributed by atoms with Crippen molar-refractivity contribution in [3.05, 3.63) is 29.8 Å². The van der Waals surface area contributed by atoms with Gasteiger partial charge in [-0.15, -0.1) is 0 Å². The molecule has 1 aromatic carbocycles. The van der Waals surface area contributed by atoms with Gasteiger partial charge in [-0.1, -0.05) is 26.0 Å². The molecule has 0 bridgehead atoms. The van der Waals surface area contributed by atoms with Crippen molar-refractivity contribution in [3.63, 3.8) is 0 Å². The molecule has 0 aliphatic heterocycles. The molecule has 106 valence electrons. The normalized spacial score (nSPS) is 11.0. The van der Waals surface area contributed by atoms with Gasteiger partial charge in [0.1, 0.15) is 0 Å². The highest BCUT2D eigenvalue weighted by Gasteiger charge is 2.06. The Morgan fingerprint density at radius 3 is 2.53 bits per heavy atom. The van der Waals surface area contributed by atoms with Crippen LogP contribution in [0.2, 0.25) is 0 Å². The molecule has 0 saturated heterocycles. The van der Waals surface area contributed by atoms with Gasteiger partial charge < -0.3 is 11.1 Å². The third-order valence-corrected chi connectivity index (χ3v) is 2.88. The minimum absolute atomic E-state index is 0.0912. The van der Waals surface area contributed by atoms with Crippen LogP contribution in [-0.4, -0.2) is 37.5 Å². The van der Waals surface area contributed by atoms with Crippen LogP contribution in [0.1, 0.15) is 19.4 Å². The SMILES string of the molecule is CC(C)CNC(=O)CN(C)CCc1ccc(N)cc1. The Morgan fingerprint density at radius 1 is 1.32 bits per heavy atom. The summed E-state index contributed by atoms with van der Waals surface area (Å²) in [7, 11) is 1.96. The van der Waals surface area contributed by atoms with E-state index in [0.29, 0.717) is 12.5 Å². The van der Waals surface area contributed by atoms with E-state index in [1.54, 1.807) is 0 Å². The molecule has 0 unspecified atom stereocenters. The van der Waals surface area contributed by atoms with Crippen molar-refractivity contribution in [2.75, 3.05) is 32.4 Å². The van der Waals surface area contributed by atoms with E-state index in [9.17, 15) is 4.79 Å². The lowest BCUT2D eigenvalue weighted by molar-refractivity contribution is -0.122. The molecule has 0 fully saturated rings. The van der Waals surface area contributed by atoms with Crippen LogP contribution < -0.4 is 11.1 Å². The molecule has 19 heavy (non-hydrogen) atoms. The highest BCUT2D eigenvalue weighted by Crippen LogP contribution is 2.06. The van der Waals surface area contributed by atoms with Crippen molar-refractivity contribution >= 4 is 11.6 Å². The number of nitrogens with zero attached hydrogens (tertiary/aromatic N) is 1. The number of amides is 1. The van der Waals surface area contributed by atoms with Crippen LogP contribution in [0.15, 0.2) is 24.3 Å². The number of hydrogen-bond donors (Lipinski definition) is 2. The summed E-state index contributed by atoms with van der Waals surface area (Å²) in [5.74, 6) is 0.581. The maximum absolute atomic E-state index is 11.6. The lowest BCUT2D eigenvalue weighted by Crippen LogP contribution is -2.37. The van der Waals surface area contributed by atoms with Crippen molar-refractivity contribution in [3.8, 4) is 0 Å². The number of rotatable bonds is 7. The molecule has 0 spiro atoms. The van der Waals surface area contributed by atoms with E-state index in [2.05, 4.69) is 19.2 Å². The van der Waals surface area contributed by atoms with Crippen molar-refractivity contribution in [1.29, 1.82) is 0 Å². The zero-order valence-corrected chi connectivity index (χ0v) is 12.1. The van der Waals surface area contributed by atoms with E-state index in [1.807, 2.05) is 36.2 Å². The van der Waals surface area contributed by atoms with Gasteiger partial charge in [-0.25, -0.2) is 0 Å². The molecule has 4 heteroatoms. The molecular formula is C15H25N3O.